The number of hydrogen-bond acceptors (Lipinski definition) is 4. The minimum Gasteiger partial charge on any atom is -0.355 e. The van der Waals surface area contributed by atoms with Gasteiger partial charge in [-0.1, -0.05) is 20.8 Å². The van der Waals surface area contributed by atoms with Crippen molar-refractivity contribution in [1.29, 1.82) is 0 Å². The van der Waals surface area contributed by atoms with E-state index in [4.69, 9.17) is 0 Å². The van der Waals surface area contributed by atoms with Crippen LogP contribution in [0.15, 0.2) is 0 Å². The van der Waals surface area contributed by atoms with Crippen molar-refractivity contribution in [3.63, 3.8) is 0 Å². The topological polar surface area (TPSA) is 38.8 Å². The van der Waals surface area contributed by atoms with Crippen LogP contribution in [0.3, 0.4) is 0 Å². The number of carbonyl (C=O) groups is 1. The third-order valence-electron chi connectivity index (χ3n) is 6.70. The molecule has 5 heteroatoms. The van der Waals surface area contributed by atoms with Crippen molar-refractivity contribution in [3.05, 3.63) is 0 Å². The fourth-order valence-electron chi connectivity index (χ4n) is 4.85. The van der Waals surface area contributed by atoms with Crippen LogP contribution in [0, 0.1) is 11.3 Å². The van der Waals surface area contributed by atoms with Crippen molar-refractivity contribution in [2.24, 2.45) is 11.3 Å². The van der Waals surface area contributed by atoms with Crippen LogP contribution < -0.4 is 5.32 Å². The molecule has 27 heavy (non-hydrogen) atoms. The molecule has 5 nitrogen and oxygen atoms in total. The third kappa shape index (κ3) is 5.68. The van der Waals surface area contributed by atoms with Crippen molar-refractivity contribution < 1.29 is 4.79 Å². The Kier molecular flexibility index (Phi) is 7.74. The highest BCUT2D eigenvalue weighted by Crippen LogP contribution is 2.35. The van der Waals surface area contributed by atoms with E-state index >= 15 is 0 Å². The molecular weight excluding hydrogens is 336 g/mol. The fourth-order valence-corrected chi connectivity index (χ4v) is 4.85. The summed E-state index contributed by atoms with van der Waals surface area (Å²) >= 11 is 0. The number of piperazine rings is 1. The lowest BCUT2D eigenvalue weighted by atomic mass is 9.76. The first-order chi connectivity index (χ1) is 12.6. The van der Waals surface area contributed by atoms with Crippen LogP contribution in [0.25, 0.3) is 0 Å². The summed E-state index contributed by atoms with van der Waals surface area (Å²) in [5.74, 6) is 0.782. The SMILES string of the molecule is CCN1CCN(CC2(C(=O)NCC(C)C)CCN(C(C)C)CC2)CC1(C)C. The standard InChI is InChI=1S/C22H44N4O/c1-8-26-14-13-24(16-21(26,6)7)17-22(20(27)23-15-18(2)3)9-11-25(12-10-22)19(4)5/h18-19H,8-17H2,1-7H3,(H,23,27). The highest BCUT2D eigenvalue weighted by molar-refractivity contribution is 5.83. The van der Waals surface area contributed by atoms with Gasteiger partial charge in [0.1, 0.15) is 0 Å². The molecule has 0 aromatic heterocycles. The summed E-state index contributed by atoms with van der Waals surface area (Å²) in [6.45, 7) is 23.9. The highest BCUT2D eigenvalue weighted by Gasteiger charge is 2.44. The number of nitrogens with zero attached hydrogens (tertiary/aromatic N) is 3. The molecule has 0 atom stereocenters. The maximum atomic E-state index is 13.3. The molecule has 2 aliphatic rings. The molecule has 2 saturated heterocycles. The van der Waals surface area contributed by atoms with Crippen LogP contribution in [0.1, 0.15) is 61.3 Å². The van der Waals surface area contributed by atoms with E-state index in [1.54, 1.807) is 0 Å². The Bertz CT molecular complexity index is 481. The summed E-state index contributed by atoms with van der Waals surface area (Å²) in [6, 6.07) is 0.564. The summed E-state index contributed by atoms with van der Waals surface area (Å²) < 4.78 is 0. The van der Waals surface area contributed by atoms with E-state index in [0.29, 0.717) is 12.0 Å². The second-order valence-electron chi connectivity index (χ2n) is 10.1. The molecule has 158 valence electrons. The van der Waals surface area contributed by atoms with E-state index in [-0.39, 0.29) is 16.9 Å². The maximum Gasteiger partial charge on any atom is 0.227 e. The summed E-state index contributed by atoms with van der Waals surface area (Å²) in [5.41, 5.74) is -0.0496. The van der Waals surface area contributed by atoms with Gasteiger partial charge in [0.05, 0.1) is 5.41 Å². The number of piperidine rings is 1. The van der Waals surface area contributed by atoms with Crippen LogP contribution in [0.5, 0.6) is 0 Å². The molecule has 0 radical (unpaired) electrons. The van der Waals surface area contributed by atoms with Gasteiger partial charge < -0.3 is 10.2 Å². The fraction of sp³-hybridized carbons (Fsp3) is 0.955. The van der Waals surface area contributed by atoms with Gasteiger partial charge in [0, 0.05) is 44.3 Å². The Morgan fingerprint density at radius 1 is 1.04 bits per heavy atom. The van der Waals surface area contributed by atoms with Crippen molar-refractivity contribution in [2.75, 3.05) is 52.4 Å². The number of likely N-dealkylation sites (tertiary alicyclic amines) is 1. The van der Waals surface area contributed by atoms with E-state index in [9.17, 15) is 4.79 Å². The summed E-state index contributed by atoms with van der Waals surface area (Å²) in [4.78, 5) is 20.9. The van der Waals surface area contributed by atoms with Crippen molar-refractivity contribution in [3.8, 4) is 0 Å². The Hall–Kier alpha value is -0.650. The molecule has 2 heterocycles. The second-order valence-corrected chi connectivity index (χ2v) is 10.1. The summed E-state index contributed by atoms with van der Waals surface area (Å²) in [5, 5.41) is 3.27. The van der Waals surface area contributed by atoms with Gasteiger partial charge in [-0.05, 0) is 66.1 Å². The summed E-state index contributed by atoms with van der Waals surface area (Å²) in [6.07, 6.45) is 1.95. The number of likely N-dealkylation sites (N-methyl/N-ethyl adjacent to an activating group) is 1. The molecule has 1 N–H and O–H groups in total. The highest BCUT2D eigenvalue weighted by atomic mass is 16.2. The first-order valence-corrected chi connectivity index (χ1v) is 11.1. The lowest BCUT2D eigenvalue weighted by Crippen LogP contribution is -2.62. The number of amides is 1. The first kappa shape index (κ1) is 22.6. The van der Waals surface area contributed by atoms with Gasteiger partial charge in [-0.25, -0.2) is 0 Å². The van der Waals surface area contributed by atoms with Crippen LogP contribution in [0.2, 0.25) is 0 Å². The molecule has 2 aliphatic heterocycles. The minimum atomic E-state index is -0.231. The third-order valence-corrected chi connectivity index (χ3v) is 6.70. The number of nitrogens with one attached hydrogen (secondary N) is 1. The van der Waals surface area contributed by atoms with E-state index in [2.05, 4.69) is 68.5 Å². The monoisotopic (exact) mass is 380 g/mol. The van der Waals surface area contributed by atoms with E-state index in [0.717, 1.165) is 65.2 Å². The van der Waals surface area contributed by atoms with Gasteiger partial charge in [0.2, 0.25) is 5.91 Å². The number of rotatable bonds is 7. The van der Waals surface area contributed by atoms with E-state index in [1.807, 2.05) is 0 Å². The van der Waals surface area contributed by atoms with Gasteiger partial charge >= 0.3 is 0 Å². The first-order valence-electron chi connectivity index (χ1n) is 11.1. The molecule has 1 amide bonds. The van der Waals surface area contributed by atoms with Crippen molar-refractivity contribution in [2.45, 2.75) is 72.9 Å². The van der Waals surface area contributed by atoms with Gasteiger partial charge in [-0.3, -0.25) is 14.6 Å². The Morgan fingerprint density at radius 3 is 2.15 bits per heavy atom. The zero-order valence-electron chi connectivity index (χ0n) is 19.0. The predicted octanol–water partition coefficient (Wildman–Crippen LogP) is 2.67. The Morgan fingerprint density at radius 2 is 1.67 bits per heavy atom. The molecule has 0 aromatic rings. The molecular formula is C22H44N4O. The Balaban J connectivity index is 2.10. The molecule has 2 rings (SSSR count). The molecule has 0 aliphatic carbocycles. The van der Waals surface area contributed by atoms with Crippen LogP contribution in [0.4, 0.5) is 0 Å². The number of hydrogen-bond donors (Lipinski definition) is 1. The lowest BCUT2D eigenvalue weighted by molar-refractivity contribution is -0.137. The maximum absolute atomic E-state index is 13.3. The average Bonchev–Trinajstić information content (AvgIpc) is 2.59. The van der Waals surface area contributed by atoms with Crippen LogP contribution in [-0.4, -0.2) is 84.5 Å². The minimum absolute atomic E-state index is 0.182. The molecule has 2 fully saturated rings. The van der Waals surface area contributed by atoms with Crippen molar-refractivity contribution in [1.82, 2.24) is 20.0 Å². The summed E-state index contributed by atoms with van der Waals surface area (Å²) in [7, 11) is 0. The zero-order valence-corrected chi connectivity index (χ0v) is 19.0. The molecule has 0 bridgehead atoms. The second kappa shape index (κ2) is 9.23. The van der Waals surface area contributed by atoms with Gasteiger partial charge in [0.25, 0.3) is 0 Å². The predicted molar refractivity (Wildman–Crippen MR) is 114 cm³/mol. The zero-order chi connectivity index (χ0) is 20.2. The lowest BCUT2D eigenvalue weighted by Gasteiger charge is -2.50. The van der Waals surface area contributed by atoms with Crippen LogP contribution in [-0.2, 0) is 4.79 Å². The molecule has 0 aromatic carbocycles. The smallest absolute Gasteiger partial charge is 0.227 e. The molecule has 0 saturated carbocycles. The number of carbonyl (C=O) groups excluding carboxylic acids is 1. The average molecular weight is 381 g/mol. The van der Waals surface area contributed by atoms with Crippen molar-refractivity contribution >= 4 is 5.91 Å². The largest absolute Gasteiger partial charge is 0.355 e. The van der Waals surface area contributed by atoms with E-state index in [1.165, 1.54) is 0 Å². The molecule has 0 unspecified atom stereocenters. The van der Waals surface area contributed by atoms with Crippen LogP contribution >= 0.6 is 0 Å². The normalized spacial score (nSPS) is 24.5. The Labute approximate surface area is 167 Å². The van der Waals surface area contributed by atoms with Gasteiger partial charge in [-0.15, -0.1) is 0 Å². The van der Waals surface area contributed by atoms with E-state index < -0.39 is 0 Å². The van der Waals surface area contributed by atoms with Gasteiger partial charge in [-0.2, -0.15) is 0 Å². The quantitative estimate of drug-likeness (QED) is 0.737. The molecule has 0 spiro atoms. The van der Waals surface area contributed by atoms with Gasteiger partial charge in [0.15, 0.2) is 0 Å².